The number of hydrogen-bond donors (Lipinski definition) is 0. The second-order valence-electron chi connectivity index (χ2n) is 8.98. The average molecular weight is 363 g/mol. The third kappa shape index (κ3) is 2.62. The standard InChI is InChI=1S/C26H34O/c1-13-15(3)19(7)25-21(17(13)5)9-11-23(25)27-24-12-10-22-18(6)14(2)16(4)20(8)26(22)24/h23-24H,9-12H2,1-8H3. The van der Waals surface area contributed by atoms with Gasteiger partial charge in [0.25, 0.3) is 0 Å². The number of ether oxygens (including phenoxy) is 1. The van der Waals surface area contributed by atoms with Gasteiger partial charge in [-0.15, -0.1) is 0 Å². The Balaban J connectivity index is 1.73. The number of fused-ring (bicyclic) bond motifs is 2. The molecule has 2 aromatic carbocycles. The smallest absolute Gasteiger partial charge is 0.0841 e. The number of benzene rings is 2. The highest BCUT2D eigenvalue weighted by Gasteiger charge is 2.34. The van der Waals surface area contributed by atoms with Gasteiger partial charge in [0.05, 0.1) is 12.2 Å². The zero-order chi connectivity index (χ0) is 19.6. The van der Waals surface area contributed by atoms with E-state index in [1.165, 1.54) is 55.6 Å². The molecule has 0 spiro atoms. The molecule has 27 heavy (non-hydrogen) atoms. The minimum atomic E-state index is 0.260. The van der Waals surface area contributed by atoms with Crippen molar-refractivity contribution >= 4 is 0 Å². The van der Waals surface area contributed by atoms with Gasteiger partial charge in [0.1, 0.15) is 0 Å². The summed E-state index contributed by atoms with van der Waals surface area (Å²) in [5.74, 6) is 0. The molecular weight excluding hydrogens is 328 g/mol. The van der Waals surface area contributed by atoms with Crippen LogP contribution in [0.3, 0.4) is 0 Å². The highest BCUT2D eigenvalue weighted by atomic mass is 16.5. The van der Waals surface area contributed by atoms with Gasteiger partial charge >= 0.3 is 0 Å². The van der Waals surface area contributed by atoms with Crippen molar-refractivity contribution in [2.24, 2.45) is 0 Å². The van der Waals surface area contributed by atoms with Crippen LogP contribution in [0.4, 0.5) is 0 Å². The van der Waals surface area contributed by atoms with Gasteiger partial charge in [-0.3, -0.25) is 0 Å². The van der Waals surface area contributed by atoms with Crippen molar-refractivity contribution in [1.82, 2.24) is 0 Å². The Morgan fingerprint density at radius 1 is 0.481 bits per heavy atom. The van der Waals surface area contributed by atoms with Crippen LogP contribution in [-0.4, -0.2) is 0 Å². The summed E-state index contributed by atoms with van der Waals surface area (Å²) in [7, 11) is 0. The van der Waals surface area contributed by atoms with Crippen molar-refractivity contribution in [1.29, 1.82) is 0 Å². The van der Waals surface area contributed by atoms with Gasteiger partial charge in [-0.1, -0.05) is 0 Å². The van der Waals surface area contributed by atoms with E-state index in [4.69, 9.17) is 4.74 Å². The normalized spacial score (nSPS) is 20.9. The first kappa shape index (κ1) is 18.7. The van der Waals surface area contributed by atoms with Gasteiger partial charge in [0.2, 0.25) is 0 Å². The largest absolute Gasteiger partial charge is 0.366 e. The molecule has 4 rings (SSSR count). The number of rotatable bonds is 2. The molecule has 1 heteroatoms. The highest BCUT2D eigenvalue weighted by molar-refractivity contribution is 5.54. The van der Waals surface area contributed by atoms with Crippen LogP contribution in [0.1, 0.15) is 91.8 Å². The lowest BCUT2D eigenvalue weighted by atomic mass is 9.89. The summed E-state index contributed by atoms with van der Waals surface area (Å²) < 4.78 is 6.89. The van der Waals surface area contributed by atoms with Crippen LogP contribution in [0.2, 0.25) is 0 Å². The van der Waals surface area contributed by atoms with Crippen LogP contribution in [0.15, 0.2) is 0 Å². The molecule has 0 fully saturated rings. The Kier molecular flexibility index (Phi) is 4.50. The lowest BCUT2D eigenvalue weighted by Crippen LogP contribution is -2.11. The van der Waals surface area contributed by atoms with E-state index in [9.17, 15) is 0 Å². The van der Waals surface area contributed by atoms with E-state index in [1.54, 1.807) is 11.1 Å². The molecule has 0 amide bonds. The molecule has 144 valence electrons. The molecule has 0 aromatic heterocycles. The van der Waals surface area contributed by atoms with Gasteiger partial charge in [-0.05, 0) is 148 Å². The van der Waals surface area contributed by atoms with Crippen molar-refractivity contribution in [3.63, 3.8) is 0 Å². The Morgan fingerprint density at radius 3 is 1.19 bits per heavy atom. The summed E-state index contributed by atoms with van der Waals surface area (Å²) in [6.07, 6.45) is 5.12. The van der Waals surface area contributed by atoms with E-state index in [2.05, 4.69) is 55.4 Å². The number of hydrogen-bond acceptors (Lipinski definition) is 1. The summed E-state index contributed by atoms with van der Waals surface area (Å²) >= 11 is 0. The highest BCUT2D eigenvalue weighted by Crippen LogP contribution is 2.47. The summed E-state index contributed by atoms with van der Waals surface area (Å²) in [4.78, 5) is 0. The van der Waals surface area contributed by atoms with Gasteiger partial charge < -0.3 is 4.74 Å². The minimum absolute atomic E-state index is 0.260. The first-order valence-electron chi connectivity index (χ1n) is 10.6. The molecule has 0 heterocycles. The average Bonchev–Trinajstić information content (AvgIpc) is 3.26. The first-order valence-corrected chi connectivity index (χ1v) is 10.6. The lowest BCUT2D eigenvalue weighted by Gasteiger charge is -2.25. The summed E-state index contributed by atoms with van der Waals surface area (Å²) in [5, 5.41) is 0. The summed E-state index contributed by atoms with van der Waals surface area (Å²) in [6, 6.07) is 0. The van der Waals surface area contributed by atoms with Crippen LogP contribution in [-0.2, 0) is 17.6 Å². The maximum absolute atomic E-state index is 6.89. The van der Waals surface area contributed by atoms with E-state index in [0.717, 1.165) is 25.7 Å². The van der Waals surface area contributed by atoms with Crippen LogP contribution in [0.5, 0.6) is 0 Å². The van der Waals surface area contributed by atoms with E-state index < -0.39 is 0 Å². The van der Waals surface area contributed by atoms with Crippen molar-refractivity contribution in [3.05, 3.63) is 66.8 Å². The molecule has 0 radical (unpaired) electrons. The molecule has 0 saturated carbocycles. The van der Waals surface area contributed by atoms with E-state index in [1.807, 2.05) is 0 Å². The topological polar surface area (TPSA) is 9.23 Å². The van der Waals surface area contributed by atoms with Crippen LogP contribution in [0.25, 0.3) is 0 Å². The Bertz CT molecular complexity index is 871. The van der Waals surface area contributed by atoms with Gasteiger partial charge in [-0.25, -0.2) is 0 Å². The fraction of sp³-hybridized carbons (Fsp3) is 0.538. The van der Waals surface area contributed by atoms with Gasteiger partial charge in [0, 0.05) is 0 Å². The predicted molar refractivity (Wildman–Crippen MR) is 114 cm³/mol. The Morgan fingerprint density at radius 2 is 0.815 bits per heavy atom. The third-order valence-electron chi connectivity index (χ3n) is 8.02. The fourth-order valence-corrected chi connectivity index (χ4v) is 5.66. The zero-order valence-corrected chi connectivity index (χ0v) is 18.4. The SMILES string of the molecule is Cc1c(C)c(C)c2c(c1C)CCC2OC1CCc2c(C)c(C)c(C)c(C)c21. The van der Waals surface area contributed by atoms with Crippen LogP contribution in [0, 0.1) is 55.4 Å². The molecule has 2 unspecified atom stereocenters. The van der Waals surface area contributed by atoms with Crippen molar-refractivity contribution in [2.75, 3.05) is 0 Å². The van der Waals surface area contributed by atoms with Crippen molar-refractivity contribution in [3.8, 4) is 0 Å². The first-order chi connectivity index (χ1) is 12.7. The molecule has 1 nitrogen and oxygen atoms in total. The van der Waals surface area contributed by atoms with E-state index in [-0.39, 0.29) is 12.2 Å². The maximum Gasteiger partial charge on any atom is 0.0841 e. The van der Waals surface area contributed by atoms with Crippen LogP contribution >= 0.6 is 0 Å². The van der Waals surface area contributed by atoms with Crippen LogP contribution < -0.4 is 0 Å². The molecule has 2 aliphatic carbocycles. The fourth-order valence-electron chi connectivity index (χ4n) is 5.66. The lowest BCUT2D eigenvalue weighted by molar-refractivity contribution is -0.0135. The van der Waals surface area contributed by atoms with Crippen molar-refractivity contribution < 1.29 is 4.74 Å². The van der Waals surface area contributed by atoms with E-state index in [0.29, 0.717) is 0 Å². The summed E-state index contributed by atoms with van der Waals surface area (Å²) in [6.45, 7) is 18.3. The molecule has 0 N–H and O–H groups in total. The van der Waals surface area contributed by atoms with Crippen molar-refractivity contribution in [2.45, 2.75) is 93.3 Å². The molecule has 0 bridgehead atoms. The Labute approximate surface area is 165 Å². The molecular formula is C26H34O. The monoisotopic (exact) mass is 362 g/mol. The maximum atomic E-state index is 6.89. The summed E-state index contributed by atoms with van der Waals surface area (Å²) in [5.41, 5.74) is 17.9. The predicted octanol–water partition coefficient (Wildman–Crippen LogP) is 6.85. The molecule has 0 aliphatic heterocycles. The molecule has 2 atom stereocenters. The third-order valence-corrected chi connectivity index (χ3v) is 8.02. The quantitative estimate of drug-likeness (QED) is 0.568. The molecule has 2 aromatic rings. The second-order valence-corrected chi connectivity index (χ2v) is 8.98. The Hall–Kier alpha value is -1.60. The molecule has 2 aliphatic rings. The second kappa shape index (κ2) is 6.48. The van der Waals surface area contributed by atoms with E-state index >= 15 is 0 Å². The zero-order valence-electron chi connectivity index (χ0n) is 18.4. The van der Waals surface area contributed by atoms with Gasteiger partial charge in [0.15, 0.2) is 0 Å². The van der Waals surface area contributed by atoms with Gasteiger partial charge in [-0.2, -0.15) is 0 Å². The molecule has 0 saturated heterocycles. The minimum Gasteiger partial charge on any atom is -0.366 e.